The molecule has 1 saturated heterocycles. The summed E-state index contributed by atoms with van der Waals surface area (Å²) < 4.78 is 0. The molecule has 2 heterocycles. The van der Waals surface area contributed by atoms with E-state index in [1.807, 2.05) is 60.7 Å². The summed E-state index contributed by atoms with van der Waals surface area (Å²) >= 11 is 0. The summed E-state index contributed by atoms with van der Waals surface area (Å²) in [5, 5.41) is 3.43. The zero-order chi connectivity index (χ0) is 18.6. The standard InChI is InChI=1S/C21H24N6/c1-26-12-14-27(15-13-26)21-24-19(22)18(16-8-4-2-5-9-16)20(25-21)23-17-10-6-3-7-11-17/h2-11H,12-15H2,1H3,(H3,22,23,24,25). The summed E-state index contributed by atoms with van der Waals surface area (Å²) in [6.07, 6.45) is 0. The summed E-state index contributed by atoms with van der Waals surface area (Å²) in [6, 6.07) is 20.1. The molecular formula is C21H24N6. The van der Waals surface area contributed by atoms with Gasteiger partial charge in [0.15, 0.2) is 0 Å². The molecule has 6 heteroatoms. The van der Waals surface area contributed by atoms with Gasteiger partial charge in [-0.05, 0) is 24.7 Å². The van der Waals surface area contributed by atoms with E-state index in [-0.39, 0.29) is 0 Å². The maximum Gasteiger partial charge on any atom is 0.229 e. The van der Waals surface area contributed by atoms with Crippen molar-refractivity contribution in [3.63, 3.8) is 0 Å². The van der Waals surface area contributed by atoms with Crippen LogP contribution in [-0.4, -0.2) is 48.1 Å². The van der Waals surface area contributed by atoms with Crippen LogP contribution in [0.2, 0.25) is 0 Å². The third-order valence-corrected chi connectivity index (χ3v) is 4.81. The molecule has 2 aromatic carbocycles. The van der Waals surface area contributed by atoms with E-state index in [4.69, 9.17) is 10.7 Å². The number of rotatable bonds is 4. The van der Waals surface area contributed by atoms with Crippen LogP contribution in [-0.2, 0) is 0 Å². The number of aromatic nitrogens is 2. The van der Waals surface area contributed by atoms with Crippen LogP contribution in [0, 0.1) is 0 Å². The van der Waals surface area contributed by atoms with Crippen molar-refractivity contribution in [2.24, 2.45) is 0 Å². The Kier molecular flexibility index (Phi) is 4.89. The molecule has 0 saturated carbocycles. The van der Waals surface area contributed by atoms with Gasteiger partial charge in [-0.15, -0.1) is 0 Å². The minimum absolute atomic E-state index is 0.489. The second-order valence-electron chi connectivity index (χ2n) is 6.78. The van der Waals surface area contributed by atoms with Gasteiger partial charge in [0.05, 0.1) is 5.56 Å². The third-order valence-electron chi connectivity index (χ3n) is 4.81. The molecule has 1 aromatic heterocycles. The van der Waals surface area contributed by atoms with E-state index in [1.165, 1.54) is 0 Å². The highest BCUT2D eigenvalue weighted by Gasteiger charge is 2.21. The Morgan fingerprint density at radius 3 is 2.15 bits per heavy atom. The molecule has 0 aliphatic carbocycles. The number of nitrogens with one attached hydrogen (secondary N) is 1. The zero-order valence-corrected chi connectivity index (χ0v) is 15.5. The number of benzene rings is 2. The molecule has 0 amide bonds. The van der Waals surface area contributed by atoms with Crippen LogP contribution in [0.4, 0.5) is 23.3 Å². The average molecular weight is 360 g/mol. The van der Waals surface area contributed by atoms with Gasteiger partial charge in [-0.25, -0.2) is 0 Å². The van der Waals surface area contributed by atoms with E-state index in [9.17, 15) is 0 Å². The summed E-state index contributed by atoms with van der Waals surface area (Å²) in [5.41, 5.74) is 9.21. The van der Waals surface area contributed by atoms with E-state index in [2.05, 4.69) is 27.1 Å². The molecule has 0 spiro atoms. The predicted octanol–water partition coefficient (Wildman–Crippen LogP) is 3.22. The molecule has 1 fully saturated rings. The molecule has 0 unspecified atom stereocenters. The Morgan fingerprint density at radius 1 is 0.852 bits per heavy atom. The van der Waals surface area contributed by atoms with Crippen molar-refractivity contribution in [2.45, 2.75) is 0 Å². The Hall–Kier alpha value is -3.12. The maximum absolute atomic E-state index is 6.41. The normalized spacial score (nSPS) is 14.9. The third kappa shape index (κ3) is 3.85. The van der Waals surface area contributed by atoms with Crippen molar-refractivity contribution >= 4 is 23.3 Å². The monoisotopic (exact) mass is 360 g/mol. The van der Waals surface area contributed by atoms with Crippen molar-refractivity contribution in [1.29, 1.82) is 0 Å². The fourth-order valence-electron chi connectivity index (χ4n) is 3.25. The first-order valence-corrected chi connectivity index (χ1v) is 9.19. The van der Waals surface area contributed by atoms with Gasteiger partial charge in [-0.1, -0.05) is 48.5 Å². The van der Waals surface area contributed by atoms with Crippen molar-refractivity contribution in [3.8, 4) is 11.1 Å². The SMILES string of the molecule is CN1CCN(c2nc(N)c(-c3ccccc3)c(Nc3ccccc3)n2)CC1. The number of hydrogen-bond acceptors (Lipinski definition) is 6. The van der Waals surface area contributed by atoms with E-state index >= 15 is 0 Å². The molecule has 0 atom stereocenters. The minimum Gasteiger partial charge on any atom is -0.383 e. The average Bonchev–Trinajstić information content (AvgIpc) is 2.70. The van der Waals surface area contributed by atoms with Crippen molar-refractivity contribution < 1.29 is 0 Å². The Labute approximate surface area is 159 Å². The molecule has 1 aliphatic heterocycles. The van der Waals surface area contributed by atoms with Crippen molar-refractivity contribution in [2.75, 3.05) is 49.2 Å². The van der Waals surface area contributed by atoms with Gasteiger partial charge in [0.25, 0.3) is 0 Å². The predicted molar refractivity (Wildman–Crippen MR) is 111 cm³/mol. The number of piperazine rings is 1. The van der Waals surface area contributed by atoms with Crippen LogP contribution in [0.25, 0.3) is 11.1 Å². The van der Waals surface area contributed by atoms with Gasteiger partial charge >= 0.3 is 0 Å². The molecule has 27 heavy (non-hydrogen) atoms. The van der Waals surface area contributed by atoms with Crippen LogP contribution in [0.1, 0.15) is 0 Å². The fourth-order valence-corrected chi connectivity index (χ4v) is 3.25. The molecular weight excluding hydrogens is 336 g/mol. The van der Waals surface area contributed by atoms with Gasteiger partial charge in [0.2, 0.25) is 5.95 Å². The molecule has 1 aliphatic rings. The lowest BCUT2D eigenvalue weighted by atomic mass is 10.1. The molecule has 3 N–H and O–H groups in total. The van der Waals surface area contributed by atoms with E-state index in [0.29, 0.717) is 11.8 Å². The lowest BCUT2D eigenvalue weighted by Crippen LogP contribution is -2.45. The second kappa shape index (κ2) is 7.63. The summed E-state index contributed by atoms with van der Waals surface area (Å²) in [7, 11) is 2.13. The van der Waals surface area contributed by atoms with Gasteiger partial charge in [0, 0.05) is 31.9 Å². The first kappa shape index (κ1) is 17.3. The minimum atomic E-state index is 0.489. The summed E-state index contributed by atoms with van der Waals surface area (Å²) in [6.45, 7) is 3.77. The molecule has 138 valence electrons. The highest BCUT2D eigenvalue weighted by Crippen LogP contribution is 2.34. The molecule has 0 bridgehead atoms. The number of anilines is 4. The van der Waals surface area contributed by atoms with Crippen LogP contribution in [0.3, 0.4) is 0 Å². The first-order valence-electron chi connectivity index (χ1n) is 9.19. The van der Waals surface area contributed by atoms with E-state index in [0.717, 1.165) is 48.8 Å². The Balaban J connectivity index is 1.76. The van der Waals surface area contributed by atoms with E-state index < -0.39 is 0 Å². The highest BCUT2D eigenvalue weighted by atomic mass is 15.3. The summed E-state index contributed by atoms with van der Waals surface area (Å²) in [5.74, 6) is 1.90. The Morgan fingerprint density at radius 2 is 1.48 bits per heavy atom. The van der Waals surface area contributed by atoms with Gasteiger partial charge in [0.1, 0.15) is 11.6 Å². The van der Waals surface area contributed by atoms with Gasteiger partial charge < -0.3 is 20.9 Å². The number of nitrogen functional groups attached to an aromatic ring is 1. The second-order valence-corrected chi connectivity index (χ2v) is 6.78. The molecule has 0 radical (unpaired) electrons. The topological polar surface area (TPSA) is 70.3 Å². The number of para-hydroxylation sites is 1. The summed E-state index contributed by atoms with van der Waals surface area (Å²) in [4.78, 5) is 14.0. The Bertz CT molecular complexity index is 889. The smallest absolute Gasteiger partial charge is 0.229 e. The number of likely N-dealkylation sites (N-methyl/N-ethyl adjacent to an activating group) is 1. The lowest BCUT2D eigenvalue weighted by Gasteiger charge is -2.32. The number of hydrogen-bond donors (Lipinski definition) is 2. The molecule has 3 aromatic rings. The largest absolute Gasteiger partial charge is 0.383 e. The van der Waals surface area contributed by atoms with Crippen LogP contribution >= 0.6 is 0 Å². The highest BCUT2D eigenvalue weighted by molar-refractivity contribution is 5.86. The molecule has 6 nitrogen and oxygen atoms in total. The van der Waals surface area contributed by atoms with Crippen LogP contribution < -0.4 is 16.0 Å². The van der Waals surface area contributed by atoms with Crippen LogP contribution in [0.15, 0.2) is 60.7 Å². The lowest BCUT2D eigenvalue weighted by molar-refractivity contribution is 0.311. The maximum atomic E-state index is 6.41. The van der Waals surface area contributed by atoms with Crippen LogP contribution in [0.5, 0.6) is 0 Å². The number of nitrogens with two attached hydrogens (primary N) is 1. The molecule has 4 rings (SSSR count). The van der Waals surface area contributed by atoms with Crippen molar-refractivity contribution in [1.82, 2.24) is 14.9 Å². The fraction of sp³-hybridized carbons (Fsp3) is 0.238. The van der Waals surface area contributed by atoms with Crippen molar-refractivity contribution in [3.05, 3.63) is 60.7 Å². The van der Waals surface area contributed by atoms with Gasteiger partial charge in [-0.2, -0.15) is 9.97 Å². The van der Waals surface area contributed by atoms with Gasteiger partial charge in [-0.3, -0.25) is 0 Å². The zero-order valence-electron chi connectivity index (χ0n) is 15.5. The number of nitrogens with zero attached hydrogens (tertiary/aromatic N) is 4. The van der Waals surface area contributed by atoms with E-state index in [1.54, 1.807) is 0 Å². The quantitative estimate of drug-likeness (QED) is 0.744. The first-order chi connectivity index (χ1) is 13.2.